The van der Waals surface area contributed by atoms with Crippen LogP contribution in [-0.2, 0) is 0 Å². The van der Waals surface area contributed by atoms with Gasteiger partial charge in [-0.3, -0.25) is 4.79 Å². The highest BCUT2D eigenvalue weighted by molar-refractivity contribution is 9.10. The van der Waals surface area contributed by atoms with Crippen LogP contribution in [0.15, 0.2) is 46.9 Å². The van der Waals surface area contributed by atoms with Gasteiger partial charge in [0.15, 0.2) is 0 Å². The molecule has 19 heavy (non-hydrogen) atoms. The topological polar surface area (TPSA) is 42.0 Å². The molecule has 1 heterocycles. The van der Waals surface area contributed by atoms with Crippen molar-refractivity contribution >= 4 is 33.4 Å². The first-order valence-electron chi connectivity index (χ1n) is 5.76. The number of benzene rings is 1. The summed E-state index contributed by atoms with van der Waals surface area (Å²) in [5.41, 5.74) is 1.32. The Hall–Kier alpha value is -1.39. The van der Waals surface area contributed by atoms with Crippen molar-refractivity contribution in [1.82, 2.24) is 10.3 Å². The summed E-state index contributed by atoms with van der Waals surface area (Å²) in [7, 11) is 0. The Balaban J connectivity index is 2.13. The van der Waals surface area contributed by atoms with Gasteiger partial charge in [0.2, 0.25) is 0 Å². The van der Waals surface area contributed by atoms with E-state index in [1.807, 2.05) is 31.2 Å². The van der Waals surface area contributed by atoms with Crippen LogP contribution < -0.4 is 5.32 Å². The molecule has 5 heteroatoms. The minimum Gasteiger partial charge on any atom is -0.344 e. The first-order valence-corrected chi connectivity index (χ1v) is 6.93. The normalized spacial score (nSPS) is 11.9. The third kappa shape index (κ3) is 3.55. The number of carbonyl (C=O) groups excluding carboxylic acids is 1. The highest BCUT2D eigenvalue weighted by atomic mass is 79.9. The van der Waals surface area contributed by atoms with Gasteiger partial charge in [0.25, 0.3) is 5.91 Å². The van der Waals surface area contributed by atoms with Crippen LogP contribution in [0, 0.1) is 0 Å². The molecule has 1 aromatic heterocycles. The van der Waals surface area contributed by atoms with Gasteiger partial charge in [0, 0.05) is 4.47 Å². The maximum absolute atomic E-state index is 12.0. The van der Waals surface area contributed by atoms with E-state index in [-0.39, 0.29) is 11.9 Å². The minimum absolute atomic E-state index is 0.121. The molecule has 0 aliphatic carbocycles. The van der Waals surface area contributed by atoms with Crippen LogP contribution in [0.1, 0.15) is 29.0 Å². The summed E-state index contributed by atoms with van der Waals surface area (Å²) in [5, 5.41) is 3.20. The van der Waals surface area contributed by atoms with Gasteiger partial charge in [-0.05, 0) is 30.7 Å². The van der Waals surface area contributed by atoms with E-state index in [1.54, 1.807) is 18.2 Å². The molecule has 2 rings (SSSR count). The number of rotatable bonds is 3. The highest BCUT2D eigenvalue weighted by Crippen LogP contribution is 2.22. The van der Waals surface area contributed by atoms with Gasteiger partial charge in [-0.1, -0.05) is 51.8 Å². The molecule has 0 radical (unpaired) electrons. The minimum atomic E-state index is -0.245. The Morgan fingerprint density at radius 2 is 2.00 bits per heavy atom. The Kier molecular flexibility index (Phi) is 4.56. The number of nitrogens with one attached hydrogen (secondary N) is 1. The van der Waals surface area contributed by atoms with Crippen LogP contribution in [0.2, 0.25) is 5.15 Å². The molecule has 0 saturated carbocycles. The average molecular weight is 340 g/mol. The summed E-state index contributed by atoms with van der Waals surface area (Å²) in [5.74, 6) is -0.245. The number of carbonyl (C=O) groups is 1. The lowest BCUT2D eigenvalue weighted by atomic mass is 10.1. The number of pyridine rings is 1. The third-order valence-electron chi connectivity index (χ3n) is 2.67. The van der Waals surface area contributed by atoms with E-state index in [9.17, 15) is 4.79 Å². The predicted octanol–water partition coefficient (Wildman–Crippen LogP) is 3.99. The van der Waals surface area contributed by atoms with E-state index >= 15 is 0 Å². The van der Waals surface area contributed by atoms with E-state index in [0.717, 1.165) is 10.0 Å². The summed E-state index contributed by atoms with van der Waals surface area (Å²) in [4.78, 5) is 16.0. The molecule has 3 nitrogen and oxygen atoms in total. The van der Waals surface area contributed by atoms with Gasteiger partial charge in [-0.25, -0.2) is 4.98 Å². The zero-order chi connectivity index (χ0) is 13.8. The maximum atomic E-state index is 12.0. The van der Waals surface area contributed by atoms with Crippen LogP contribution in [0.4, 0.5) is 0 Å². The first kappa shape index (κ1) is 14.0. The molecule has 1 N–H and O–H groups in total. The Morgan fingerprint density at radius 3 is 2.68 bits per heavy atom. The molecule has 0 spiro atoms. The second kappa shape index (κ2) is 6.17. The van der Waals surface area contributed by atoms with Gasteiger partial charge >= 0.3 is 0 Å². The molecule has 2 aromatic rings. The smallest absolute Gasteiger partial charge is 0.270 e. The summed E-state index contributed by atoms with van der Waals surface area (Å²) < 4.78 is 0.960. The summed E-state index contributed by atoms with van der Waals surface area (Å²) >= 11 is 9.24. The quantitative estimate of drug-likeness (QED) is 0.859. The summed E-state index contributed by atoms with van der Waals surface area (Å²) in [6, 6.07) is 12.6. The van der Waals surface area contributed by atoms with E-state index in [1.165, 1.54) is 0 Å². The fourth-order valence-corrected chi connectivity index (χ4v) is 2.50. The Bertz CT molecular complexity index is 604. The van der Waals surface area contributed by atoms with Crippen molar-refractivity contribution in [2.24, 2.45) is 0 Å². The largest absolute Gasteiger partial charge is 0.344 e. The SMILES string of the molecule is CC(NC(=O)c1cccc(Cl)n1)c1ccccc1Br. The van der Waals surface area contributed by atoms with Gasteiger partial charge in [0.05, 0.1) is 6.04 Å². The highest BCUT2D eigenvalue weighted by Gasteiger charge is 2.14. The number of amides is 1. The van der Waals surface area contributed by atoms with Gasteiger partial charge in [-0.15, -0.1) is 0 Å². The molecule has 0 saturated heterocycles. The van der Waals surface area contributed by atoms with Crippen LogP contribution in [0.25, 0.3) is 0 Å². The molecule has 0 bridgehead atoms. The lowest BCUT2D eigenvalue weighted by Gasteiger charge is -2.15. The summed E-state index contributed by atoms with van der Waals surface area (Å²) in [6.07, 6.45) is 0. The number of aromatic nitrogens is 1. The second-order valence-corrected chi connectivity index (χ2v) is 5.30. The van der Waals surface area contributed by atoms with Gasteiger partial charge in [0.1, 0.15) is 10.8 Å². The molecule has 0 aliphatic heterocycles. The zero-order valence-corrected chi connectivity index (χ0v) is 12.6. The van der Waals surface area contributed by atoms with Crippen LogP contribution in [0.3, 0.4) is 0 Å². The van der Waals surface area contributed by atoms with Crippen molar-refractivity contribution in [2.75, 3.05) is 0 Å². The van der Waals surface area contributed by atoms with Gasteiger partial charge < -0.3 is 5.32 Å². The second-order valence-electron chi connectivity index (χ2n) is 4.06. The molecule has 1 aromatic carbocycles. The molecule has 0 fully saturated rings. The monoisotopic (exact) mass is 338 g/mol. The Labute approximate surface area is 125 Å². The lowest BCUT2D eigenvalue weighted by molar-refractivity contribution is 0.0935. The van der Waals surface area contributed by atoms with Crippen LogP contribution in [-0.4, -0.2) is 10.9 Å². The standard InChI is InChI=1S/C14H12BrClN2O/c1-9(10-5-2-3-6-11(10)15)17-14(19)12-7-4-8-13(16)18-12/h2-9H,1H3,(H,17,19). The fourth-order valence-electron chi connectivity index (χ4n) is 1.71. The maximum Gasteiger partial charge on any atom is 0.270 e. The molecular formula is C14H12BrClN2O. The number of halogens is 2. The molecule has 1 atom stereocenters. The lowest BCUT2D eigenvalue weighted by Crippen LogP contribution is -2.27. The molecule has 0 aliphatic rings. The van der Waals surface area contributed by atoms with E-state index < -0.39 is 0 Å². The Morgan fingerprint density at radius 1 is 1.26 bits per heavy atom. The molecule has 1 unspecified atom stereocenters. The van der Waals surface area contributed by atoms with Gasteiger partial charge in [-0.2, -0.15) is 0 Å². The van der Waals surface area contributed by atoms with Crippen molar-refractivity contribution < 1.29 is 4.79 Å². The fraction of sp³-hybridized carbons (Fsp3) is 0.143. The average Bonchev–Trinajstić information content (AvgIpc) is 2.39. The van der Waals surface area contributed by atoms with E-state index in [2.05, 4.69) is 26.2 Å². The van der Waals surface area contributed by atoms with Crippen molar-refractivity contribution in [3.8, 4) is 0 Å². The first-order chi connectivity index (χ1) is 9.08. The number of hydrogen-bond donors (Lipinski definition) is 1. The van der Waals surface area contributed by atoms with Crippen molar-refractivity contribution in [3.63, 3.8) is 0 Å². The third-order valence-corrected chi connectivity index (χ3v) is 3.60. The van der Waals surface area contributed by atoms with Crippen molar-refractivity contribution in [2.45, 2.75) is 13.0 Å². The van der Waals surface area contributed by atoms with Crippen molar-refractivity contribution in [1.29, 1.82) is 0 Å². The number of nitrogens with zero attached hydrogens (tertiary/aromatic N) is 1. The number of hydrogen-bond acceptors (Lipinski definition) is 2. The van der Waals surface area contributed by atoms with Crippen LogP contribution in [0.5, 0.6) is 0 Å². The predicted molar refractivity (Wildman–Crippen MR) is 79.3 cm³/mol. The summed E-state index contributed by atoms with van der Waals surface area (Å²) in [6.45, 7) is 1.92. The van der Waals surface area contributed by atoms with E-state index in [4.69, 9.17) is 11.6 Å². The zero-order valence-electron chi connectivity index (χ0n) is 10.2. The molecular weight excluding hydrogens is 328 g/mol. The molecule has 1 amide bonds. The molecule has 98 valence electrons. The van der Waals surface area contributed by atoms with Crippen LogP contribution >= 0.6 is 27.5 Å². The van der Waals surface area contributed by atoms with E-state index in [0.29, 0.717) is 10.8 Å². The van der Waals surface area contributed by atoms with Crippen molar-refractivity contribution in [3.05, 3.63) is 63.3 Å².